The summed E-state index contributed by atoms with van der Waals surface area (Å²) in [4.78, 5) is 12.1. The number of H-pyrrole nitrogens is 1. The van der Waals surface area contributed by atoms with Crippen molar-refractivity contribution in [2.75, 3.05) is 29.5 Å². The minimum absolute atomic E-state index is 0.183. The Morgan fingerprint density at radius 3 is 2.95 bits per heavy atom. The lowest BCUT2D eigenvalue weighted by Crippen LogP contribution is -2.34. The van der Waals surface area contributed by atoms with Gasteiger partial charge in [-0.3, -0.25) is 9.89 Å². The van der Waals surface area contributed by atoms with E-state index >= 15 is 0 Å². The molecule has 1 unspecified atom stereocenters. The molecule has 1 aromatic heterocycles. The number of nitrogen functional groups attached to an aromatic ring is 1. The van der Waals surface area contributed by atoms with Gasteiger partial charge in [-0.25, -0.2) is 0 Å². The van der Waals surface area contributed by atoms with Crippen molar-refractivity contribution < 1.29 is 4.79 Å². The van der Waals surface area contributed by atoms with Crippen molar-refractivity contribution in [1.82, 2.24) is 15.5 Å². The largest absolute Gasteiger partial charge is 0.395 e. The second-order valence-corrected chi connectivity index (χ2v) is 7.39. The van der Waals surface area contributed by atoms with Crippen LogP contribution in [0.15, 0.2) is 0 Å². The summed E-state index contributed by atoms with van der Waals surface area (Å²) < 4.78 is 0. The zero-order chi connectivity index (χ0) is 13.8. The highest BCUT2D eigenvalue weighted by molar-refractivity contribution is 8.06. The van der Waals surface area contributed by atoms with Gasteiger partial charge in [0, 0.05) is 29.1 Å². The fourth-order valence-electron chi connectivity index (χ4n) is 1.92. The second kappa shape index (κ2) is 6.56. The number of rotatable bonds is 4. The van der Waals surface area contributed by atoms with E-state index in [1.165, 1.54) is 5.75 Å². The molecule has 0 bridgehead atoms. The third kappa shape index (κ3) is 3.60. The number of anilines is 1. The van der Waals surface area contributed by atoms with Crippen molar-refractivity contribution in [1.29, 1.82) is 0 Å². The molecule has 2 heterocycles. The Labute approximate surface area is 121 Å². The Morgan fingerprint density at radius 2 is 2.37 bits per heavy atom. The van der Waals surface area contributed by atoms with E-state index in [2.05, 4.69) is 15.5 Å². The molecule has 1 aliphatic rings. The summed E-state index contributed by atoms with van der Waals surface area (Å²) in [7, 11) is 0. The number of carbonyl (C=O) groups excluding carboxylic acids is 1. The number of hydrogen-bond donors (Lipinski definition) is 3. The van der Waals surface area contributed by atoms with Crippen LogP contribution in [0.25, 0.3) is 0 Å². The Balaban J connectivity index is 1.92. The number of amides is 1. The van der Waals surface area contributed by atoms with E-state index in [9.17, 15) is 4.79 Å². The van der Waals surface area contributed by atoms with Gasteiger partial charge in [0.1, 0.15) is 0 Å². The number of hydrogen-bond acceptors (Lipinski definition) is 5. The van der Waals surface area contributed by atoms with Gasteiger partial charge in [0.2, 0.25) is 0 Å². The lowest BCUT2D eigenvalue weighted by atomic mass is 10.1. The maximum atomic E-state index is 12.1. The first kappa shape index (κ1) is 14.6. The maximum absolute atomic E-state index is 12.1. The molecule has 2 rings (SSSR count). The number of carbonyl (C=O) groups is 1. The molecule has 0 aromatic carbocycles. The zero-order valence-electron chi connectivity index (χ0n) is 11.2. The van der Waals surface area contributed by atoms with Crippen LogP contribution < -0.4 is 11.1 Å². The predicted octanol–water partition coefficient (Wildman–Crippen LogP) is 1.69. The molecular formula is C12H20N4OS2. The quantitative estimate of drug-likeness (QED) is 0.788. The molecule has 0 radical (unpaired) electrons. The van der Waals surface area contributed by atoms with Crippen LogP contribution in [-0.2, 0) is 0 Å². The van der Waals surface area contributed by atoms with E-state index in [1.807, 2.05) is 37.4 Å². The molecule has 19 heavy (non-hydrogen) atoms. The molecule has 106 valence electrons. The van der Waals surface area contributed by atoms with E-state index in [4.69, 9.17) is 5.73 Å². The summed E-state index contributed by atoms with van der Waals surface area (Å²) in [5, 5.41) is 10.3. The fourth-order valence-corrected chi connectivity index (χ4v) is 4.53. The number of nitrogens with two attached hydrogens (primary N) is 1. The molecule has 5 nitrogen and oxygen atoms in total. The van der Waals surface area contributed by atoms with Crippen molar-refractivity contribution in [3.05, 3.63) is 11.4 Å². The maximum Gasteiger partial charge on any atom is 0.273 e. The standard InChI is InChI=1S/C12H20N4OS2/c1-7(2)10-9(13)11(16-15-10)12(17)14-5-8-6-18-3-4-19-8/h7-8H,3-6,13H2,1-2H3,(H,14,17)(H,15,16). The monoisotopic (exact) mass is 300 g/mol. The summed E-state index contributed by atoms with van der Waals surface area (Å²) in [6.07, 6.45) is 0. The first-order valence-corrected chi connectivity index (χ1v) is 8.61. The summed E-state index contributed by atoms with van der Waals surface area (Å²) in [5.41, 5.74) is 7.56. The number of nitrogens with one attached hydrogen (secondary N) is 2. The van der Waals surface area contributed by atoms with Crippen molar-refractivity contribution in [2.24, 2.45) is 0 Å². The molecule has 1 aliphatic heterocycles. The summed E-state index contributed by atoms with van der Waals surface area (Å²) >= 11 is 3.86. The van der Waals surface area contributed by atoms with E-state index in [0.29, 0.717) is 23.2 Å². The average molecular weight is 300 g/mol. The van der Waals surface area contributed by atoms with Crippen LogP contribution >= 0.6 is 23.5 Å². The summed E-state index contributed by atoms with van der Waals surface area (Å²) in [6.45, 7) is 4.71. The minimum atomic E-state index is -0.183. The van der Waals surface area contributed by atoms with Gasteiger partial charge in [-0.15, -0.1) is 0 Å². The zero-order valence-corrected chi connectivity index (χ0v) is 12.9. The first-order valence-electron chi connectivity index (χ1n) is 6.41. The lowest BCUT2D eigenvalue weighted by molar-refractivity contribution is 0.0950. The van der Waals surface area contributed by atoms with E-state index in [1.54, 1.807) is 0 Å². The van der Waals surface area contributed by atoms with Crippen molar-refractivity contribution in [2.45, 2.75) is 25.0 Å². The smallest absolute Gasteiger partial charge is 0.273 e. The summed E-state index contributed by atoms with van der Waals surface area (Å²) in [6, 6.07) is 0. The normalized spacial score (nSPS) is 19.6. The van der Waals surface area contributed by atoms with Crippen LogP contribution in [-0.4, -0.2) is 45.2 Å². The Morgan fingerprint density at radius 1 is 1.58 bits per heavy atom. The van der Waals surface area contributed by atoms with Crippen molar-refractivity contribution >= 4 is 35.1 Å². The Hall–Kier alpha value is -0.820. The fraction of sp³-hybridized carbons (Fsp3) is 0.667. The van der Waals surface area contributed by atoms with Gasteiger partial charge in [0.15, 0.2) is 5.69 Å². The van der Waals surface area contributed by atoms with Gasteiger partial charge in [0.05, 0.1) is 11.4 Å². The van der Waals surface area contributed by atoms with E-state index in [-0.39, 0.29) is 11.8 Å². The molecule has 0 aliphatic carbocycles. The topological polar surface area (TPSA) is 83.8 Å². The predicted molar refractivity (Wildman–Crippen MR) is 83.0 cm³/mol. The highest BCUT2D eigenvalue weighted by Crippen LogP contribution is 2.24. The van der Waals surface area contributed by atoms with Crippen LogP contribution in [0.5, 0.6) is 0 Å². The number of thioether (sulfide) groups is 2. The first-order chi connectivity index (χ1) is 9.09. The van der Waals surface area contributed by atoms with Gasteiger partial charge in [-0.2, -0.15) is 28.6 Å². The van der Waals surface area contributed by atoms with E-state index in [0.717, 1.165) is 17.2 Å². The molecule has 7 heteroatoms. The molecule has 1 fully saturated rings. The van der Waals surface area contributed by atoms with Crippen LogP contribution in [0, 0.1) is 0 Å². The van der Waals surface area contributed by atoms with E-state index < -0.39 is 0 Å². The van der Waals surface area contributed by atoms with Gasteiger partial charge in [-0.05, 0) is 5.92 Å². The Kier molecular flexibility index (Phi) is 5.04. The second-order valence-electron chi connectivity index (χ2n) is 4.83. The highest BCUT2D eigenvalue weighted by Gasteiger charge is 2.20. The molecule has 1 atom stereocenters. The molecule has 4 N–H and O–H groups in total. The molecule has 1 aromatic rings. The van der Waals surface area contributed by atoms with Gasteiger partial charge >= 0.3 is 0 Å². The summed E-state index contributed by atoms with van der Waals surface area (Å²) in [5.74, 6) is 3.51. The van der Waals surface area contributed by atoms with Crippen LogP contribution in [0.4, 0.5) is 5.69 Å². The van der Waals surface area contributed by atoms with Gasteiger partial charge in [-0.1, -0.05) is 13.8 Å². The molecule has 0 spiro atoms. The third-order valence-corrected chi connectivity index (χ3v) is 5.85. The lowest BCUT2D eigenvalue weighted by Gasteiger charge is -2.20. The highest BCUT2D eigenvalue weighted by atomic mass is 32.2. The van der Waals surface area contributed by atoms with Crippen molar-refractivity contribution in [3.63, 3.8) is 0 Å². The van der Waals surface area contributed by atoms with Crippen LogP contribution in [0.1, 0.15) is 35.9 Å². The third-order valence-electron chi connectivity index (χ3n) is 3.00. The van der Waals surface area contributed by atoms with Crippen molar-refractivity contribution in [3.8, 4) is 0 Å². The van der Waals surface area contributed by atoms with Gasteiger partial charge < -0.3 is 11.1 Å². The van der Waals surface area contributed by atoms with Crippen LogP contribution in [0.3, 0.4) is 0 Å². The number of aromatic amines is 1. The molecule has 0 saturated carbocycles. The molecule has 1 amide bonds. The average Bonchev–Trinajstić information content (AvgIpc) is 2.79. The number of nitrogens with zero attached hydrogens (tertiary/aromatic N) is 1. The van der Waals surface area contributed by atoms with Gasteiger partial charge in [0.25, 0.3) is 5.91 Å². The van der Waals surface area contributed by atoms with Crippen LogP contribution in [0.2, 0.25) is 0 Å². The Bertz CT molecular complexity index is 441. The molecule has 1 saturated heterocycles. The SMILES string of the molecule is CC(C)c1[nH]nc(C(=O)NCC2CSCCS2)c1N. The number of aromatic nitrogens is 2. The molecular weight excluding hydrogens is 280 g/mol. The minimum Gasteiger partial charge on any atom is -0.395 e.